The number of rotatable bonds is 7. The first-order valence-corrected chi connectivity index (χ1v) is 10.5. The number of benzene rings is 2. The van der Waals surface area contributed by atoms with Crippen LogP contribution in [0.5, 0.6) is 11.5 Å². The lowest BCUT2D eigenvalue weighted by atomic mass is 10.1. The molecule has 1 aromatic heterocycles. The molecule has 0 unspecified atom stereocenters. The molecular weight excluding hydrogens is 398 g/mol. The van der Waals surface area contributed by atoms with Gasteiger partial charge in [-0.1, -0.05) is 30.3 Å². The normalized spacial score (nSPS) is 13.8. The third-order valence-corrected chi connectivity index (χ3v) is 5.96. The lowest BCUT2D eigenvalue weighted by Gasteiger charge is -2.18. The van der Waals surface area contributed by atoms with E-state index in [1.807, 2.05) is 46.7 Å². The van der Waals surface area contributed by atoms with Crippen molar-refractivity contribution >= 4 is 22.7 Å². The topological polar surface area (TPSA) is 78.7 Å². The molecule has 154 valence electrons. The number of aromatic nitrogens is 1. The summed E-state index contributed by atoms with van der Waals surface area (Å²) >= 11 is 1.41. The molecule has 4 rings (SSSR count). The second kappa shape index (κ2) is 8.59. The third kappa shape index (κ3) is 3.89. The van der Waals surface area contributed by atoms with Crippen molar-refractivity contribution in [2.24, 2.45) is 0 Å². The summed E-state index contributed by atoms with van der Waals surface area (Å²) in [6.45, 7) is 1.00. The van der Waals surface area contributed by atoms with Crippen LogP contribution in [0.2, 0.25) is 0 Å². The number of hydrogen-bond donors (Lipinski definition) is 2. The van der Waals surface area contributed by atoms with Crippen LogP contribution < -0.4 is 9.47 Å². The maximum absolute atomic E-state index is 10.6. The highest BCUT2D eigenvalue weighted by Crippen LogP contribution is 2.36. The average molecular weight is 422 g/mol. The van der Waals surface area contributed by atoms with Crippen LogP contribution in [0.3, 0.4) is 0 Å². The molecule has 1 aliphatic rings. The van der Waals surface area contributed by atoms with Crippen LogP contribution in [0.15, 0.2) is 59.7 Å². The lowest BCUT2D eigenvalue weighted by Crippen LogP contribution is -2.28. The van der Waals surface area contributed by atoms with E-state index in [1.54, 1.807) is 14.2 Å². The predicted molar refractivity (Wildman–Crippen MR) is 120 cm³/mol. The molecule has 0 fully saturated rings. The molecule has 2 N–H and O–H groups in total. The van der Waals surface area contributed by atoms with Crippen molar-refractivity contribution in [1.29, 1.82) is 5.41 Å². The molecule has 1 aliphatic heterocycles. The molecule has 0 amide bonds. The molecular formula is C23H23N3O3S. The van der Waals surface area contributed by atoms with Crippen LogP contribution in [0.4, 0.5) is 0 Å². The fraction of sp³-hybridized carbons (Fsp3) is 0.217. The maximum atomic E-state index is 10.6. The first kappa shape index (κ1) is 20.0. The molecule has 7 heteroatoms. The zero-order valence-electron chi connectivity index (χ0n) is 16.9. The van der Waals surface area contributed by atoms with Gasteiger partial charge in [0.2, 0.25) is 0 Å². The van der Waals surface area contributed by atoms with Crippen LogP contribution in [0, 0.1) is 5.41 Å². The average Bonchev–Trinajstić information content (AvgIpc) is 3.36. The Balaban J connectivity index is 1.53. The van der Waals surface area contributed by atoms with E-state index < -0.39 is 0 Å². The van der Waals surface area contributed by atoms with Gasteiger partial charge in [-0.15, -0.1) is 11.3 Å². The van der Waals surface area contributed by atoms with E-state index >= 15 is 0 Å². The molecule has 0 bridgehead atoms. The predicted octanol–water partition coefficient (Wildman–Crippen LogP) is 4.63. The number of nitrogens with zero attached hydrogens (tertiary/aromatic N) is 2. The van der Waals surface area contributed by atoms with E-state index in [0.29, 0.717) is 41.0 Å². The first-order chi connectivity index (χ1) is 14.6. The number of nitrogens with one attached hydrogen (secondary N) is 1. The number of aliphatic hydroxyl groups is 1. The van der Waals surface area contributed by atoms with Gasteiger partial charge in [0, 0.05) is 23.6 Å². The second-order valence-electron chi connectivity index (χ2n) is 6.93. The van der Waals surface area contributed by atoms with Gasteiger partial charge in [-0.3, -0.25) is 5.41 Å². The second-order valence-corrected chi connectivity index (χ2v) is 7.79. The van der Waals surface area contributed by atoms with Crippen LogP contribution >= 0.6 is 11.3 Å². The number of ether oxygens (including phenoxy) is 2. The molecule has 2 aromatic carbocycles. The van der Waals surface area contributed by atoms with Crippen molar-refractivity contribution in [3.63, 3.8) is 0 Å². The quantitative estimate of drug-likeness (QED) is 0.581. The summed E-state index contributed by atoms with van der Waals surface area (Å²) in [4.78, 5) is 6.57. The van der Waals surface area contributed by atoms with Gasteiger partial charge in [-0.25, -0.2) is 4.98 Å². The Morgan fingerprint density at radius 2 is 1.93 bits per heavy atom. The summed E-state index contributed by atoms with van der Waals surface area (Å²) in [5, 5.41) is 21.7. The molecule has 30 heavy (non-hydrogen) atoms. The number of hydrogen-bond acceptors (Lipinski definition) is 6. The maximum Gasteiger partial charge on any atom is 0.135 e. The summed E-state index contributed by atoms with van der Waals surface area (Å²) < 4.78 is 10.7. The minimum absolute atomic E-state index is 0.190. The number of thiazole rings is 1. The summed E-state index contributed by atoms with van der Waals surface area (Å²) in [6, 6.07) is 15.7. The number of aliphatic hydroxyl groups excluding tert-OH is 1. The van der Waals surface area contributed by atoms with Gasteiger partial charge in [-0.05, 0) is 24.1 Å². The Morgan fingerprint density at radius 3 is 2.67 bits per heavy atom. The van der Waals surface area contributed by atoms with E-state index in [-0.39, 0.29) is 5.76 Å². The largest absolute Gasteiger partial charge is 0.510 e. The van der Waals surface area contributed by atoms with E-state index in [0.717, 1.165) is 17.7 Å². The summed E-state index contributed by atoms with van der Waals surface area (Å²) in [5.74, 6) is 1.87. The molecule has 0 atom stereocenters. The van der Waals surface area contributed by atoms with Gasteiger partial charge >= 0.3 is 0 Å². The molecule has 6 nitrogen and oxygen atoms in total. The highest BCUT2D eigenvalue weighted by molar-refractivity contribution is 7.11. The summed E-state index contributed by atoms with van der Waals surface area (Å²) in [6.07, 6.45) is 0.815. The van der Waals surface area contributed by atoms with Crippen LogP contribution in [0.1, 0.15) is 10.6 Å². The highest BCUT2D eigenvalue weighted by Gasteiger charge is 2.30. The molecule has 3 aromatic rings. The van der Waals surface area contributed by atoms with Crippen LogP contribution in [0.25, 0.3) is 16.8 Å². The molecule has 0 aliphatic carbocycles. The Kier molecular flexibility index (Phi) is 5.72. The van der Waals surface area contributed by atoms with Crippen molar-refractivity contribution < 1.29 is 14.6 Å². The van der Waals surface area contributed by atoms with Gasteiger partial charge in [-0.2, -0.15) is 0 Å². The fourth-order valence-corrected chi connectivity index (χ4v) is 4.37. The van der Waals surface area contributed by atoms with Gasteiger partial charge in [0.05, 0.1) is 32.0 Å². The molecule has 0 saturated heterocycles. The Labute approximate surface area is 179 Å². The van der Waals surface area contributed by atoms with E-state index in [2.05, 4.69) is 12.1 Å². The monoisotopic (exact) mass is 421 g/mol. The molecule has 0 spiro atoms. The Morgan fingerprint density at radius 1 is 1.13 bits per heavy atom. The van der Waals surface area contributed by atoms with Gasteiger partial charge in [0.1, 0.15) is 28.1 Å². The van der Waals surface area contributed by atoms with E-state index in [9.17, 15) is 5.11 Å². The smallest absolute Gasteiger partial charge is 0.135 e. The molecule has 0 radical (unpaired) electrons. The van der Waals surface area contributed by atoms with Crippen molar-refractivity contribution in [2.45, 2.75) is 6.42 Å². The molecule has 2 heterocycles. The third-order valence-electron chi connectivity index (χ3n) is 5.10. The highest BCUT2D eigenvalue weighted by atomic mass is 32.1. The Bertz CT molecular complexity index is 1090. The fourth-order valence-electron chi connectivity index (χ4n) is 3.48. The van der Waals surface area contributed by atoms with E-state index in [4.69, 9.17) is 19.9 Å². The minimum Gasteiger partial charge on any atom is -0.510 e. The zero-order chi connectivity index (χ0) is 21.1. The van der Waals surface area contributed by atoms with Gasteiger partial charge in [0.15, 0.2) is 0 Å². The number of amidine groups is 1. The van der Waals surface area contributed by atoms with Crippen LogP contribution in [-0.4, -0.2) is 48.1 Å². The van der Waals surface area contributed by atoms with Gasteiger partial charge < -0.3 is 19.5 Å². The SMILES string of the molecule is COc1ccc(-c2csc(C3=C(O)CN(CCc4ccccc4)C3=N)n2)c(OC)c1. The van der Waals surface area contributed by atoms with Crippen molar-refractivity contribution in [2.75, 3.05) is 27.3 Å². The van der Waals surface area contributed by atoms with Gasteiger partial charge in [0.25, 0.3) is 0 Å². The first-order valence-electron chi connectivity index (χ1n) is 9.59. The minimum atomic E-state index is 0.190. The standard InChI is InChI=1S/C23H23N3O3S/c1-28-16-8-9-17(20(12-16)29-2)18-14-30-23(25-18)21-19(27)13-26(22(21)24)11-10-15-6-4-3-5-7-15/h3-9,12,14,24,27H,10-11,13H2,1-2H3. The van der Waals surface area contributed by atoms with Crippen molar-refractivity contribution in [1.82, 2.24) is 9.88 Å². The molecule has 0 saturated carbocycles. The van der Waals surface area contributed by atoms with E-state index in [1.165, 1.54) is 16.9 Å². The number of methoxy groups -OCH3 is 2. The van der Waals surface area contributed by atoms with Crippen molar-refractivity contribution in [3.05, 3.63) is 70.2 Å². The lowest BCUT2D eigenvalue weighted by molar-refractivity contribution is 0.351. The van der Waals surface area contributed by atoms with Crippen molar-refractivity contribution in [3.8, 4) is 22.8 Å². The summed E-state index contributed by atoms with van der Waals surface area (Å²) in [7, 11) is 3.22. The summed E-state index contributed by atoms with van der Waals surface area (Å²) in [5.41, 5.74) is 3.30. The van der Waals surface area contributed by atoms with Crippen LogP contribution in [-0.2, 0) is 6.42 Å². The zero-order valence-corrected chi connectivity index (χ0v) is 17.7. The Hall–Kier alpha value is -3.32.